The molecule has 0 amide bonds. The van der Waals surface area contributed by atoms with Crippen molar-refractivity contribution in [3.8, 4) is 0 Å². The summed E-state index contributed by atoms with van der Waals surface area (Å²) in [5.41, 5.74) is 4.38. The normalized spacial score (nSPS) is 27.9. The van der Waals surface area contributed by atoms with Gasteiger partial charge in [-0.05, 0) is 74.0 Å². The molecule has 4 fully saturated rings. The van der Waals surface area contributed by atoms with Crippen LogP contribution in [-0.4, -0.2) is 22.6 Å². The summed E-state index contributed by atoms with van der Waals surface area (Å²) >= 11 is 0. The molecule has 0 aromatic carbocycles. The molecular formula is C26H46P2. The van der Waals surface area contributed by atoms with Crippen LogP contribution in [0.2, 0.25) is 0 Å². The third-order valence-corrected chi connectivity index (χ3v) is 15.1. The first-order chi connectivity index (χ1) is 13.9. The SMILES string of the molecule is C(=C\P(C1CCCCC1)C1CCCCC1)/P(C1CCCCC1)C1CCCCC1. The maximum atomic E-state index is 2.95. The summed E-state index contributed by atoms with van der Waals surface area (Å²) in [6.07, 6.45) is 30.9. The fraction of sp³-hybridized carbons (Fsp3) is 0.923. The van der Waals surface area contributed by atoms with Gasteiger partial charge in [-0.1, -0.05) is 105 Å². The molecule has 4 aliphatic carbocycles. The van der Waals surface area contributed by atoms with Crippen molar-refractivity contribution in [2.24, 2.45) is 0 Å². The van der Waals surface area contributed by atoms with Crippen LogP contribution in [0.4, 0.5) is 0 Å². The third-order valence-electron chi connectivity index (χ3n) is 8.40. The van der Waals surface area contributed by atoms with Crippen LogP contribution < -0.4 is 0 Å². The van der Waals surface area contributed by atoms with Crippen molar-refractivity contribution >= 4 is 15.8 Å². The molecule has 0 radical (unpaired) electrons. The first-order valence-corrected chi connectivity index (χ1v) is 16.2. The van der Waals surface area contributed by atoms with E-state index in [1.807, 2.05) is 0 Å². The molecule has 0 spiro atoms. The quantitative estimate of drug-likeness (QED) is 0.375. The highest BCUT2D eigenvalue weighted by atomic mass is 31.1. The Balaban J connectivity index is 1.49. The Labute approximate surface area is 178 Å². The second kappa shape index (κ2) is 11.8. The summed E-state index contributed by atoms with van der Waals surface area (Å²) in [5, 5.41) is 0. The Morgan fingerprint density at radius 2 is 0.536 bits per heavy atom. The molecule has 2 heteroatoms. The fourth-order valence-corrected chi connectivity index (χ4v) is 14.0. The topological polar surface area (TPSA) is 0 Å². The number of rotatable bonds is 6. The molecule has 0 saturated heterocycles. The maximum Gasteiger partial charge on any atom is -0.0172 e. The van der Waals surface area contributed by atoms with E-state index in [0.29, 0.717) is 0 Å². The smallest absolute Gasteiger partial charge is 0.0172 e. The highest BCUT2D eigenvalue weighted by Crippen LogP contribution is 2.62. The summed E-state index contributed by atoms with van der Waals surface area (Å²) in [4.78, 5) is 0. The van der Waals surface area contributed by atoms with Crippen molar-refractivity contribution in [3.05, 3.63) is 11.6 Å². The van der Waals surface area contributed by atoms with Crippen LogP contribution in [0.5, 0.6) is 0 Å². The average Bonchev–Trinajstić information content (AvgIpc) is 2.79. The standard InChI is InChI=1S/C26H46P2/c1-5-13-23(14-6-1)27(24-15-7-2-8-16-24)21-22-28(25-17-9-3-10-18-25)26-19-11-4-12-20-26/h21-26H,1-20H2/b22-21+. The van der Waals surface area contributed by atoms with Gasteiger partial charge in [0.2, 0.25) is 0 Å². The average molecular weight is 421 g/mol. The predicted molar refractivity (Wildman–Crippen MR) is 130 cm³/mol. The number of hydrogen-bond acceptors (Lipinski definition) is 0. The molecule has 4 rings (SSSR count). The second-order valence-electron chi connectivity index (χ2n) is 10.4. The Bertz CT molecular complexity index is 371. The highest BCUT2D eigenvalue weighted by Gasteiger charge is 2.32. The van der Waals surface area contributed by atoms with Gasteiger partial charge in [0.1, 0.15) is 0 Å². The van der Waals surface area contributed by atoms with Crippen molar-refractivity contribution < 1.29 is 0 Å². The minimum absolute atomic E-state index is 0.164. The maximum absolute atomic E-state index is 2.95. The number of hydrogen-bond donors (Lipinski definition) is 0. The molecule has 0 heterocycles. The molecule has 0 nitrogen and oxygen atoms in total. The van der Waals surface area contributed by atoms with E-state index in [4.69, 9.17) is 0 Å². The van der Waals surface area contributed by atoms with Gasteiger partial charge < -0.3 is 0 Å². The Kier molecular flexibility index (Phi) is 9.23. The van der Waals surface area contributed by atoms with Gasteiger partial charge in [0.05, 0.1) is 0 Å². The second-order valence-corrected chi connectivity index (χ2v) is 15.7. The van der Waals surface area contributed by atoms with Crippen LogP contribution in [0.1, 0.15) is 128 Å². The van der Waals surface area contributed by atoms with Crippen molar-refractivity contribution in [2.45, 2.75) is 151 Å². The van der Waals surface area contributed by atoms with Gasteiger partial charge >= 0.3 is 0 Å². The summed E-state index contributed by atoms with van der Waals surface area (Å²) in [7, 11) is 0.328. The Morgan fingerprint density at radius 1 is 0.321 bits per heavy atom. The molecule has 28 heavy (non-hydrogen) atoms. The molecule has 0 aromatic heterocycles. The molecule has 0 aromatic rings. The van der Waals surface area contributed by atoms with Gasteiger partial charge in [-0.25, -0.2) is 0 Å². The van der Waals surface area contributed by atoms with Crippen molar-refractivity contribution in [2.75, 3.05) is 0 Å². The molecule has 0 N–H and O–H groups in total. The zero-order valence-electron chi connectivity index (χ0n) is 18.5. The zero-order chi connectivity index (χ0) is 19.0. The lowest BCUT2D eigenvalue weighted by molar-refractivity contribution is 0.486. The molecular weight excluding hydrogens is 374 g/mol. The third kappa shape index (κ3) is 6.07. The van der Waals surface area contributed by atoms with Gasteiger partial charge in [-0.15, -0.1) is 0 Å². The van der Waals surface area contributed by atoms with Crippen molar-refractivity contribution in [3.63, 3.8) is 0 Å². The van der Waals surface area contributed by atoms with Gasteiger partial charge in [-0.3, -0.25) is 0 Å². The van der Waals surface area contributed by atoms with E-state index in [1.54, 1.807) is 51.4 Å². The van der Waals surface area contributed by atoms with E-state index in [9.17, 15) is 0 Å². The minimum atomic E-state index is 0.164. The lowest BCUT2D eigenvalue weighted by atomic mass is 9.99. The van der Waals surface area contributed by atoms with Crippen LogP contribution >= 0.6 is 15.8 Å². The van der Waals surface area contributed by atoms with Crippen LogP contribution in [0.15, 0.2) is 11.6 Å². The molecule has 0 unspecified atom stereocenters. The van der Waals surface area contributed by atoms with E-state index >= 15 is 0 Å². The van der Waals surface area contributed by atoms with Crippen molar-refractivity contribution in [1.29, 1.82) is 0 Å². The van der Waals surface area contributed by atoms with E-state index < -0.39 is 0 Å². The van der Waals surface area contributed by atoms with Gasteiger partial charge in [0.25, 0.3) is 0 Å². The van der Waals surface area contributed by atoms with Crippen LogP contribution in [0, 0.1) is 0 Å². The van der Waals surface area contributed by atoms with E-state index in [2.05, 4.69) is 11.6 Å². The molecule has 0 atom stereocenters. The first-order valence-electron chi connectivity index (χ1n) is 13.1. The molecule has 0 aliphatic heterocycles. The first kappa shape index (κ1) is 21.8. The molecule has 4 aliphatic rings. The van der Waals surface area contributed by atoms with Gasteiger partial charge in [0.15, 0.2) is 0 Å². The lowest BCUT2D eigenvalue weighted by Crippen LogP contribution is -2.20. The monoisotopic (exact) mass is 420 g/mol. The summed E-state index contributed by atoms with van der Waals surface area (Å²) in [6.45, 7) is 0. The minimum Gasteiger partial charge on any atom is -0.0768 e. The van der Waals surface area contributed by atoms with Gasteiger partial charge in [-0.2, -0.15) is 0 Å². The highest BCUT2D eigenvalue weighted by molar-refractivity contribution is 7.66. The summed E-state index contributed by atoms with van der Waals surface area (Å²) in [5.74, 6) is 5.91. The van der Waals surface area contributed by atoms with Gasteiger partial charge in [0, 0.05) is 0 Å². The van der Waals surface area contributed by atoms with Crippen LogP contribution in [-0.2, 0) is 0 Å². The lowest BCUT2D eigenvalue weighted by Gasteiger charge is -2.39. The largest absolute Gasteiger partial charge is 0.0768 e. The van der Waals surface area contributed by atoms with E-state index in [-0.39, 0.29) is 15.8 Å². The van der Waals surface area contributed by atoms with Crippen LogP contribution in [0.3, 0.4) is 0 Å². The molecule has 0 bridgehead atoms. The molecule has 160 valence electrons. The van der Waals surface area contributed by atoms with Crippen molar-refractivity contribution in [1.82, 2.24) is 0 Å². The summed E-state index contributed by atoms with van der Waals surface area (Å²) < 4.78 is 0. The van der Waals surface area contributed by atoms with E-state index in [1.165, 1.54) is 77.0 Å². The summed E-state index contributed by atoms with van der Waals surface area (Å²) in [6, 6.07) is 0. The zero-order valence-corrected chi connectivity index (χ0v) is 20.3. The van der Waals surface area contributed by atoms with E-state index in [0.717, 1.165) is 22.6 Å². The predicted octanol–water partition coefficient (Wildman–Crippen LogP) is 9.75. The Hall–Kier alpha value is 0.600. The fourth-order valence-electron chi connectivity index (χ4n) is 6.75. The van der Waals surface area contributed by atoms with Crippen LogP contribution in [0.25, 0.3) is 0 Å². The molecule has 4 saturated carbocycles. The Morgan fingerprint density at radius 3 is 0.750 bits per heavy atom.